The second kappa shape index (κ2) is 9.75. The lowest BCUT2D eigenvalue weighted by atomic mass is 9.88. The third kappa shape index (κ3) is 5.23. The highest BCUT2D eigenvalue weighted by molar-refractivity contribution is 7.90. The number of sulfone groups is 1. The molecule has 5 nitrogen and oxygen atoms in total. The van der Waals surface area contributed by atoms with Gasteiger partial charge in [0.05, 0.1) is 21.4 Å². The minimum absolute atomic E-state index is 0.00317. The zero-order chi connectivity index (χ0) is 23.6. The Hall–Kier alpha value is -2.19. The Kier molecular flexibility index (Phi) is 7.45. The summed E-state index contributed by atoms with van der Waals surface area (Å²) in [5.41, 5.74) is 8.77. The molecule has 0 spiro atoms. The van der Waals surface area contributed by atoms with Crippen LogP contribution in [0.4, 0.5) is 4.39 Å². The smallest absolute Gasteiger partial charge is 0.196 e. The van der Waals surface area contributed by atoms with Gasteiger partial charge in [-0.15, -0.1) is 0 Å². The summed E-state index contributed by atoms with van der Waals surface area (Å²) in [5, 5.41) is -0.208. The molecular weight excluding hydrogens is 474 g/mol. The van der Waals surface area contributed by atoms with Crippen molar-refractivity contribution >= 4 is 44.4 Å². The van der Waals surface area contributed by atoms with Crippen molar-refractivity contribution in [3.63, 3.8) is 0 Å². The van der Waals surface area contributed by atoms with Crippen LogP contribution in [0, 0.1) is 5.82 Å². The molecule has 2 N–H and O–H groups in total. The van der Waals surface area contributed by atoms with Crippen molar-refractivity contribution in [1.82, 2.24) is 4.90 Å². The summed E-state index contributed by atoms with van der Waals surface area (Å²) in [6.45, 7) is 2.47. The van der Waals surface area contributed by atoms with E-state index >= 15 is 0 Å². The molecule has 0 radical (unpaired) electrons. The second-order valence-electron chi connectivity index (χ2n) is 7.55. The number of nitrogens with zero attached hydrogens (tertiary/aromatic N) is 1. The van der Waals surface area contributed by atoms with Crippen molar-refractivity contribution in [2.75, 3.05) is 25.9 Å². The zero-order valence-corrected chi connectivity index (χ0v) is 20.0. The first-order valence-corrected chi connectivity index (χ1v) is 12.5. The van der Waals surface area contributed by atoms with Gasteiger partial charge in [0.15, 0.2) is 15.6 Å². The van der Waals surface area contributed by atoms with Crippen LogP contribution in [-0.2, 0) is 15.6 Å². The standard InChI is InChI=1S/C23H23Cl2FN2O3S/c1-3-32(30,31)13-14-4-5-17(23(29)22-20(24)9-16(26)10-21(22)25)18(8-14)19-12-28(2)7-6-15(19)11-27/h4-6,8-10,12H,3,7,11,13,27H2,1-2H3. The highest BCUT2D eigenvalue weighted by Gasteiger charge is 2.25. The van der Waals surface area contributed by atoms with Gasteiger partial charge >= 0.3 is 0 Å². The van der Waals surface area contributed by atoms with Gasteiger partial charge in [-0.1, -0.05) is 48.3 Å². The molecule has 170 valence electrons. The summed E-state index contributed by atoms with van der Waals surface area (Å²) in [6, 6.07) is 6.88. The Morgan fingerprint density at radius 2 is 1.84 bits per heavy atom. The molecule has 3 rings (SSSR count). The molecule has 2 aromatic carbocycles. The van der Waals surface area contributed by atoms with E-state index < -0.39 is 21.4 Å². The molecule has 1 aliphatic rings. The lowest BCUT2D eigenvalue weighted by Crippen LogP contribution is -2.21. The summed E-state index contributed by atoms with van der Waals surface area (Å²) in [5.74, 6) is -1.30. The van der Waals surface area contributed by atoms with Crippen LogP contribution in [0.15, 0.2) is 48.2 Å². The van der Waals surface area contributed by atoms with E-state index in [1.54, 1.807) is 25.1 Å². The molecule has 0 unspecified atom stereocenters. The third-order valence-electron chi connectivity index (χ3n) is 5.22. The monoisotopic (exact) mass is 496 g/mol. The van der Waals surface area contributed by atoms with Crippen LogP contribution in [-0.4, -0.2) is 45.0 Å². The fraction of sp³-hybridized carbons (Fsp3) is 0.261. The van der Waals surface area contributed by atoms with Crippen LogP contribution in [0.5, 0.6) is 0 Å². The molecule has 0 aliphatic carbocycles. The van der Waals surface area contributed by atoms with E-state index in [2.05, 4.69) is 0 Å². The number of benzene rings is 2. The van der Waals surface area contributed by atoms with Gasteiger partial charge in [-0.25, -0.2) is 12.8 Å². The Morgan fingerprint density at radius 3 is 2.44 bits per heavy atom. The Labute approximate surface area is 197 Å². The van der Waals surface area contributed by atoms with Gasteiger partial charge in [0.25, 0.3) is 0 Å². The van der Waals surface area contributed by atoms with Gasteiger partial charge in [-0.05, 0) is 34.9 Å². The molecule has 0 bridgehead atoms. The average molecular weight is 497 g/mol. The van der Waals surface area contributed by atoms with Gasteiger partial charge < -0.3 is 10.6 Å². The zero-order valence-electron chi connectivity index (χ0n) is 17.7. The van der Waals surface area contributed by atoms with Gasteiger partial charge in [0.2, 0.25) is 0 Å². The molecule has 0 saturated heterocycles. The Balaban J connectivity index is 2.22. The van der Waals surface area contributed by atoms with Gasteiger partial charge in [0, 0.05) is 43.2 Å². The van der Waals surface area contributed by atoms with Crippen LogP contribution in [0.2, 0.25) is 10.0 Å². The molecule has 2 aromatic rings. The Morgan fingerprint density at radius 1 is 1.19 bits per heavy atom. The maximum atomic E-state index is 13.7. The predicted molar refractivity (Wildman–Crippen MR) is 127 cm³/mol. The van der Waals surface area contributed by atoms with E-state index in [4.69, 9.17) is 28.9 Å². The molecule has 32 heavy (non-hydrogen) atoms. The number of hydrogen-bond acceptors (Lipinski definition) is 5. The molecule has 0 saturated carbocycles. The van der Waals surface area contributed by atoms with E-state index in [0.29, 0.717) is 23.2 Å². The number of ketones is 1. The topological polar surface area (TPSA) is 80.5 Å². The summed E-state index contributed by atoms with van der Waals surface area (Å²) in [6.07, 6.45) is 3.82. The summed E-state index contributed by atoms with van der Waals surface area (Å²) < 4.78 is 38.1. The molecule has 1 heterocycles. The Bertz CT molecular complexity index is 1220. The van der Waals surface area contributed by atoms with E-state index in [9.17, 15) is 17.6 Å². The van der Waals surface area contributed by atoms with Crippen molar-refractivity contribution in [3.8, 4) is 0 Å². The molecule has 9 heteroatoms. The molecule has 0 fully saturated rings. The van der Waals surface area contributed by atoms with Crippen LogP contribution in [0.25, 0.3) is 5.57 Å². The molecule has 1 aliphatic heterocycles. The minimum Gasteiger partial charge on any atom is -0.376 e. The SMILES string of the molecule is CCS(=O)(=O)Cc1ccc(C(=O)c2c(Cl)cc(F)cc2Cl)c(C2=CN(C)CC=C2CN)c1. The number of rotatable bonds is 7. The number of carbonyl (C=O) groups excluding carboxylic acids is 1. The lowest BCUT2D eigenvalue weighted by molar-refractivity contribution is 0.103. The fourth-order valence-corrected chi connectivity index (χ4v) is 5.03. The van der Waals surface area contributed by atoms with Gasteiger partial charge in [-0.3, -0.25) is 4.79 Å². The molecule has 0 atom stereocenters. The first-order chi connectivity index (χ1) is 15.1. The van der Waals surface area contributed by atoms with Crippen LogP contribution in [0.1, 0.15) is 34.0 Å². The average Bonchev–Trinajstić information content (AvgIpc) is 2.72. The summed E-state index contributed by atoms with van der Waals surface area (Å²) in [4.78, 5) is 15.4. The van der Waals surface area contributed by atoms with Crippen molar-refractivity contribution in [2.24, 2.45) is 5.73 Å². The van der Waals surface area contributed by atoms with E-state index in [0.717, 1.165) is 17.7 Å². The first-order valence-electron chi connectivity index (χ1n) is 9.90. The second-order valence-corrected chi connectivity index (χ2v) is 10.7. The fourth-order valence-electron chi connectivity index (χ4n) is 3.51. The first kappa shape index (κ1) is 24.5. The van der Waals surface area contributed by atoms with Crippen LogP contribution in [0.3, 0.4) is 0 Å². The van der Waals surface area contributed by atoms with Crippen molar-refractivity contribution in [2.45, 2.75) is 12.7 Å². The molecular formula is C23H23Cl2FN2O3S. The molecule has 0 amide bonds. The van der Waals surface area contributed by atoms with Gasteiger partial charge in [0.1, 0.15) is 5.82 Å². The normalized spacial score (nSPS) is 14.2. The van der Waals surface area contributed by atoms with Crippen molar-refractivity contribution in [1.29, 1.82) is 0 Å². The quantitative estimate of drug-likeness (QED) is 0.571. The van der Waals surface area contributed by atoms with E-state index in [1.165, 1.54) is 0 Å². The number of carbonyl (C=O) groups is 1. The largest absolute Gasteiger partial charge is 0.376 e. The third-order valence-corrected chi connectivity index (χ3v) is 7.47. The highest BCUT2D eigenvalue weighted by atomic mass is 35.5. The number of likely N-dealkylation sites (N-methyl/N-ethyl adjacent to an activating group) is 1. The maximum Gasteiger partial charge on any atom is 0.196 e. The number of hydrogen-bond donors (Lipinski definition) is 1. The van der Waals surface area contributed by atoms with Crippen LogP contribution < -0.4 is 5.73 Å². The van der Waals surface area contributed by atoms with Crippen LogP contribution >= 0.6 is 23.2 Å². The van der Waals surface area contributed by atoms with Crippen molar-refractivity contribution in [3.05, 3.63) is 86.3 Å². The number of nitrogens with two attached hydrogens (primary N) is 1. The van der Waals surface area contributed by atoms with E-state index in [-0.39, 0.29) is 39.2 Å². The van der Waals surface area contributed by atoms with Gasteiger partial charge in [-0.2, -0.15) is 0 Å². The lowest BCUT2D eigenvalue weighted by Gasteiger charge is -2.25. The van der Waals surface area contributed by atoms with Crippen molar-refractivity contribution < 1.29 is 17.6 Å². The summed E-state index contributed by atoms with van der Waals surface area (Å²) >= 11 is 12.3. The molecule has 0 aromatic heterocycles. The van der Waals surface area contributed by atoms with E-state index in [1.807, 2.05) is 24.2 Å². The predicted octanol–water partition coefficient (Wildman–Crippen LogP) is 4.47. The minimum atomic E-state index is -3.29. The maximum absolute atomic E-state index is 13.7. The summed E-state index contributed by atoms with van der Waals surface area (Å²) in [7, 11) is -1.41. The number of halogens is 3. The highest BCUT2D eigenvalue weighted by Crippen LogP contribution is 2.34.